The molecule has 0 aromatic carbocycles. The average molecular weight is 296 g/mol. The van der Waals surface area contributed by atoms with Gasteiger partial charge in [-0.25, -0.2) is 9.48 Å². The van der Waals surface area contributed by atoms with Gasteiger partial charge in [0.2, 0.25) is 5.91 Å². The van der Waals surface area contributed by atoms with Crippen molar-refractivity contribution in [2.75, 3.05) is 18.8 Å². The molecule has 0 radical (unpaired) electrons. The van der Waals surface area contributed by atoms with Gasteiger partial charge < -0.3 is 10.0 Å². The van der Waals surface area contributed by atoms with Crippen molar-refractivity contribution >= 4 is 23.6 Å². The fraction of sp³-hybridized carbons (Fsp3) is 0.667. The van der Waals surface area contributed by atoms with Gasteiger partial charge >= 0.3 is 5.97 Å². The monoisotopic (exact) mass is 296 g/mol. The fourth-order valence-electron chi connectivity index (χ4n) is 2.49. The van der Waals surface area contributed by atoms with Crippen LogP contribution in [0.3, 0.4) is 0 Å². The number of carbonyl (C=O) groups excluding carboxylic acids is 1. The quantitative estimate of drug-likeness (QED) is 0.881. The van der Waals surface area contributed by atoms with Crippen LogP contribution in [0.2, 0.25) is 0 Å². The molecule has 2 saturated heterocycles. The molecular weight excluding hydrogens is 280 g/mol. The number of aromatic nitrogens is 3. The fourth-order valence-corrected chi connectivity index (χ4v) is 3.78. The molecule has 8 heteroatoms. The number of amides is 1. The van der Waals surface area contributed by atoms with E-state index in [2.05, 4.69) is 10.3 Å². The molecule has 0 saturated carbocycles. The maximum Gasteiger partial charge on any atom is 0.358 e. The van der Waals surface area contributed by atoms with Gasteiger partial charge in [0.25, 0.3) is 0 Å². The van der Waals surface area contributed by atoms with E-state index in [-0.39, 0.29) is 22.9 Å². The van der Waals surface area contributed by atoms with Crippen LogP contribution in [0.4, 0.5) is 0 Å². The van der Waals surface area contributed by atoms with E-state index in [1.54, 1.807) is 16.4 Å². The minimum absolute atomic E-state index is 0.0492. The Balaban J connectivity index is 1.55. The van der Waals surface area contributed by atoms with Gasteiger partial charge in [-0.1, -0.05) is 11.6 Å². The SMILES string of the molecule is O=C(O)c1cn(C2CN(C(=O)C3CCCCS3)C2)nn1. The third-order valence-electron chi connectivity index (χ3n) is 3.73. The number of likely N-dealkylation sites (tertiary alicyclic amines) is 1. The molecule has 0 spiro atoms. The van der Waals surface area contributed by atoms with Crippen molar-refractivity contribution in [1.82, 2.24) is 19.9 Å². The molecule has 1 unspecified atom stereocenters. The Kier molecular flexibility index (Phi) is 3.64. The summed E-state index contributed by atoms with van der Waals surface area (Å²) in [5, 5.41) is 16.3. The van der Waals surface area contributed by atoms with Crippen molar-refractivity contribution in [3.05, 3.63) is 11.9 Å². The topological polar surface area (TPSA) is 88.3 Å². The van der Waals surface area contributed by atoms with Crippen molar-refractivity contribution in [2.45, 2.75) is 30.6 Å². The first-order chi connectivity index (χ1) is 9.65. The van der Waals surface area contributed by atoms with Crippen molar-refractivity contribution < 1.29 is 14.7 Å². The summed E-state index contributed by atoms with van der Waals surface area (Å²) in [7, 11) is 0. The zero-order valence-corrected chi connectivity index (χ0v) is 11.8. The molecule has 108 valence electrons. The lowest BCUT2D eigenvalue weighted by Crippen LogP contribution is -2.53. The molecular formula is C12H16N4O3S. The minimum Gasteiger partial charge on any atom is -0.476 e. The van der Waals surface area contributed by atoms with Crippen molar-refractivity contribution in [3.8, 4) is 0 Å². The van der Waals surface area contributed by atoms with E-state index < -0.39 is 5.97 Å². The molecule has 7 nitrogen and oxygen atoms in total. The Morgan fingerprint density at radius 2 is 2.15 bits per heavy atom. The predicted octanol–water partition coefficient (Wildman–Crippen LogP) is 0.645. The predicted molar refractivity (Wildman–Crippen MR) is 72.7 cm³/mol. The molecule has 2 aliphatic heterocycles. The van der Waals surface area contributed by atoms with Crippen LogP contribution in [0.25, 0.3) is 0 Å². The molecule has 0 aliphatic carbocycles. The summed E-state index contributed by atoms with van der Waals surface area (Å²) in [5.41, 5.74) is -0.0578. The van der Waals surface area contributed by atoms with E-state index in [9.17, 15) is 9.59 Å². The lowest BCUT2D eigenvalue weighted by Gasteiger charge is -2.41. The largest absolute Gasteiger partial charge is 0.476 e. The van der Waals surface area contributed by atoms with E-state index >= 15 is 0 Å². The van der Waals surface area contributed by atoms with E-state index in [4.69, 9.17) is 5.11 Å². The Morgan fingerprint density at radius 3 is 2.75 bits per heavy atom. The highest BCUT2D eigenvalue weighted by atomic mass is 32.2. The molecule has 1 amide bonds. The Morgan fingerprint density at radius 1 is 1.35 bits per heavy atom. The molecule has 1 atom stereocenters. The van der Waals surface area contributed by atoms with Crippen LogP contribution in [-0.2, 0) is 4.79 Å². The van der Waals surface area contributed by atoms with Crippen LogP contribution >= 0.6 is 11.8 Å². The minimum atomic E-state index is -1.08. The number of carboxylic acids is 1. The van der Waals surface area contributed by atoms with Gasteiger partial charge in [-0.15, -0.1) is 16.9 Å². The van der Waals surface area contributed by atoms with Gasteiger partial charge in [-0.2, -0.15) is 0 Å². The molecule has 2 aliphatic rings. The maximum absolute atomic E-state index is 12.2. The van der Waals surface area contributed by atoms with Gasteiger partial charge in [0, 0.05) is 13.1 Å². The molecule has 2 fully saturated rings. The molecule has 3 rings (SSSR count). The van der Waals surface area contributed by atoms with Gasteiger partial charge in [-0.3, -0.25) is 4.79 Å². The second kappa shape index (κ2) is 5.43. The number of carbonyl (C=O) groups is 2. The van der Waals surface area contributed by atoms with E-state index in [1.165, 1.54) is 12.6 Å². The summed E-state index contributed by atoms with van der Waals surface area (Å²) < 4.78 is 1.54. The van der Waals surface area contributed by atoms with Crippen molar-refractivity contribution in [2.24, 2.45) is 0 Å². The lowest BCUT2D eigenvalue weighted by atomic mass is 10.1. The molecule has 1 aromatic rings. The first kappa shape index (κ1) is 13.4. The summed E-state index contributed by atoms with van der Waals surface area (Å²) in [6, 6.07) is 0.0492. The number of carboxylic acid groups (broad SMARTS) is 1. The molecule has 3 heterocycles. The summed E-state index contributed by atoms with van der Waals surface area (Å²) in [5.74, 6) is 0.199. The van der Waals surface area contributed by atoms with Gasteiger partial charge in [0.05, 0.1) is 17.5 Å². The first-order valence-corrected chi connectivity index (χ1v) is 7.75. The van der Waals surface area contributed by atoms with Crippen LogP contribution in [-0.4, -0.2) is 61.0 Å². The van der Waals surface area contributed by atoms with Crippen molar-refractivity contribution in [3.63, 3.8) is 0 Å². The zero-order valence-electron chi connectivity index (χ0n) is 10.9. The van der Waals surface area contributed by atoms with E-state index in [1.807, 2.05) is 4.90 Å². The average Bonchev–Trinajstić information content (AvgIpc) is 2.87. The highest BCUT2D eigenvalue weighted by molar-refractivity contribution is 8.00. The normalized spacial score (nSPS) is 23.4. The van der Waals surface area contributed by atoms with Crippen molar-refractivity contribution in [1.29, 1.82) is 0 Å². The molecule has 1 aromatic heterocycles. The van der Waals surface area contributed by atoms with Gasteiger partial charge in [0.1, 0.15) is 0 Å². The standard InChI is InChI=1S/C12H16N4O3S/c17-11(10-3-1-2-4-20-10)15-5-8(6-15)16-7-9(12(18)19)13-14-16/h7-8,10H,1-6H2,(H,18,19). The van der Waals surface area contributed by atoms with Crippen LogP contribution in [0.5, 0.6) is 0 Å². The number of nitrogens with zero attached hydrogens (tertiary/aromatic N) is 4. The van der Waals surface area contributed by atoms with E-state index in [0.717, 1.165) is 18.6 Å². The summed E-state index contributed by atoms with van der Waals surface area (Å²) in [4.78, 5) is 24.8. The molecule has 20 heavy (non-hydrogen) atoms. The van der Waals surface area contributed by atoms with Crippen LogP contribution in [0, 0.1) is 0 Å². The first-order valence-electron chi connectivity index (χ1n) is 6.70. The Bertz CT molecular complexity index is 521. The smallest absolute Gasteiger partial charge is 0.358 e. The number of rotatable bonds is 3. The van der Waals surface area contributed by atoms with Gasteiger partial charge in [0.15, 0.2) is 5.69 Å². The highest BCUT2D eigenvalue weighted by Gasteiger charge is 2.36. The third-order valence-corrected chi connectivity index (χ3v) is 5.10. The molecule has 1 N–H and O–H groups in total. The summed E-state index contributed by atoms with van der Waals surface area (Å²) in [6.45, 7) is 1.19. The number of hydrogen-bond acceptors (Lipinski definition) is 5. The van der Waals surface area contributed by atoms with E-state index in [0.29, 0.717) is 13.1 Å². The highest BCUT2D eigenvalue weighted by Crippen LogP contribution is 2.30. The Labute approximate surface area is 120 Å². The third kappa shape index (κ3) is 2.52. The van der Waals surface area contributed by atoms with Crippen LogP contribution in [0.15, 0.2) is 6.20 Å². The van der Waals surface area contributed by atoms with Crippen LogP contribution < -0.4 is 0 Å². The van der Waals surface area contributed by atoms with Gasteiger partial charge in [-0.05, 0) is 18.6 Å². The second-order valence-electron chi connectivity index (χ2n) is 5.14. The second-order valence-corrected chi connectivity index (χ2v) is 6.45. The zero-order chi connectivity index (χ0) is 14.1. The molecule has 0 bridgehead atoms. The number of aromatic carboxylic acids is 1. The Hall–Kier alpha value is -1.57. The number of hydrogen-bond donors (Lipinski definition) is 1. The maximum atomic E-state index is 12.2. The number of thioether (sulfide) groups is 1. The summed E-state index contributed by atoms with van der Waals surface area (Å²) in [6.07, 6.45) is 4.72. The summed E-state index contributed by atoms with van der Waals surface area (Å²) >= 11 is 1.75. The van der Waals surface area contributed by atoms with Crippen LogP contribution in [0.1, 0.15) is 35.8 Å². The lowest BCUT2D eigenvalue weighted by molar-refractivity contribution is -0.136.